The van der Waals surface area contributed by atoms with Gasteiger partial charge in [0, 0.05) is 18.1 Å². The number of ether oxygens (including phenoxy) is 1. The Bertz CT molecular complexity index is 975. The van der Waals surface area contributed by atoms with Crippen LogP contribution >= 0.6 is 35.3 Å². The molecule has 1 amide bonds. The topological polar surface area (TPSA) is 45.7 Å². The number of nitrogens with zero attached hydrogens (tertiary/aromatic N) is 3. The minimum Gasteiger partial charge on any atom is -0.494 e. The summed E-state index contributed by atoms with van der Waals surface area (Å²) in [7, 11) is 0. The van der Waals surface area contributed by atoms with Gasteiger partial charge < -0.3 is 9.64 Å². The molecule has 3 rings (SSSR count). The van der Waals surface area contributed by atoms with Crippen LogP contribution in [0.2, 0.25) is 5.02 Å². The van der Waals surface area contributed by atoms with E-state index >= 15 is 0 Å². The number of carbonyl (C=O) groups is 1. The Labute approximate surface area is 199 Å². The molecule has 1 aromatic heterocycles. The first-order valence-corrected chi connectivity index (χ1v) is 11.5. The molecule has 0 bridgehead atoms. The summed E-state index contributed by atoms with van der Waals surface area (Å²) in [5.41, 5.74) is 1.82. The average Bonchev–Trinajstić information content (AvgIpc) is 3.15. The lowest BCUT2D eigenvalue weighted by atomic mass is 10.1. The van der Waals surface area contributed by atoms with Gasteiger partial charge in [-0.3, -0.25) is 9.69 Å². The summed E-state index contributed by atoms with van der Waals surface area (Å²) in [5, 5.41) is 1.39. The quantitative estimate of drug-likeness (QED) is 0.373. The highest BCUT2D eigenvalue weighted by Gasteiger charge is 2.21. The number of benzene rings is 2. The number of amides is 1. The van der Waals surface area contributed by atoms with E-state index < -0.39 is 0 Å². The molecule has 3 aromatic rings. The summed E-state index contributed by atoms with van der Waals surface area (Å²) >= 11 is 7.64. The maximum absolute atomic E-state index is 13.3. The maximum atomic E-state index is 13.3. The number of aromatic nitrogens is 1. The molecule has 8 heteroatoms. The summed E-state index contributed by atoms with van der Waals surface area (Å²) in [6.45, 7) is 10.2. The van der Waals surface area contributed by atoms with Crippen LogP contribution in [0.1, 0.15) is 26.3 Å². The number of hydrogen-bond acceptors (Lipinski definition) is 5. The van der Waals surface area contributed by atoms with E-state index in [1.54, 1.807) is 0 Å². The van der Waals surface area contributed by atoms with Gasteiger partial charge in [-0.2, -0.15) is 0 Å². The summed E-state index contributed by atoms with van der Waals surface area (Å²) in [5.74, 6) is 0.853. The van der Waals surface area contributed by atoms with E-state index in [1.807, 2.05) is 54.3 Å². The molecule has 0 fully saturated rings. The summed E-state index contributed by atoms with van der Waals surface area (Å²) < 4.78 is 6.48. The smallest absolute Gasteiger partial charge is 0.233 e. The second-order valence-corrected chi connectivity index (χ2v) is 8.38. The van der Waals surface area contributed by atoms with E-state index in [4.69, 9.17) is 21.3 Å². The molecule has 5 nitrogen and oxygen atoms in total. The highest BCUT2D eigenvalue weighted by molar-refractivity contribution is 7.22. The summed E-state index contributed by atoms with van der Waals surface area (Å²) in [6, 6.07) is 13.3. The van der Waals surface area contributed by atoms with Crippen molar-refractivity contribution in [2.75, 3.05) is 37.7 Å². The van der Waals surface area contributed by atoms with Crippen LogP contribution in [0.5, 0.6) is 5.75 Å². The second-order valence-electron chi connectivity index (χ2n) is 6.93. The van der Waals surface area contributed by atoms with Gasteiger partial charge in [-0.25, -0.2) is 4.98 Å². The Balaban J connectivity index is 0.00000341. The normalized spacial score (nSPS) is 10.9. The van der Waals surface area contributed by atoms with E-state index in [0.717, 1.165) is 46.3 Å². The highest BCUT2D eigenvalue weighted by Crippen LogP contribution is 2.31. The molecule has 0 saturated carbocycles. The summed E-state index contributed by atoms with van der Waals surface area (Å²) in [4.78, 5) is 22.1. The zero-order valence-electron chi connectivity index (χ0n) is 18.1. The van der Waals surface area contributed by atoms with E-state index in [2.05, 4.69) is 18.7 Å². The van der Waals surface area contributed by atoms with Crippen LogP contribution in [0, 0.1) is 0 Å². The van der Waals surface area contributed by atoms with Crippen LogP contribution in [-0.4, -0.2) is 48.6 Å². The molecule has 0 aliphatic rings. The Kier molecular flexibility index (Phi) is 10.0. The number of hydrogen-bond donors (Lipinski definition) is 0. The monoisotopic (exact) mass is 481 g/mol. The molecule has 2 aromatic carbocycles. The third-order valence-electron chi connectivity index (χ3n) is 5.00. The largest absolute Gasteiger partial charge is 0.494 e. The van der Waals surface area contributed by atoms with Gasteiger partial charge in [-0.15, -0.1) is 12.4 Å². The Morgan fingerprint density at radius 3 is 2.42 bits per heavy atom. The van der Waals surface area contributed by atoms with Gasteiger partial charge in [0.25, 0.3) is 0 Å². The van der Waals surface area contributed by atoms with Gasteiger partial charge in [-0.05, 0) is 55.9 Å². The molecule has 0 N–H and O–H groups in total. The molecule has 0 aliphatic heterocycles. The molecular formula is C23H29Cl2N3O2S. The minimum absolute atomic E-state index is 0. The fourth-order valence-corrected chi connectivity index (χ4v) is 4.54. The van der Waals surface area contributed by atoms with E-state index in [9.17, 15) is 4.79 Å². The van der Waals surface area contributed by atoms with Gasteiger partial charge >= 0.3 is 0 Å². The second kappa shape index (κ2) is 12.2. The van der Waals surface area contributed by atoms with Crippen LogP contribution in [0.4, 0.5) is 5.13 Å². The van der Waals surface area contributed by atoms with E-state index in [-0.39, 0.29) is 18.3 Å². The first-order valence-electron chi connectivity index (χ1n) is 10.3. The maximum Gasteiger partial charge on any atom is 0.233 e. The van der Waals surface area contributed by atoms with E-state index in [0.29, 0.717) is 24.6 Å². The van der Waals surface area contributed by atoms with Crippen molar-refractivity contribution in [3.8, 4) is 5.75 Å². The number of likely N-dealkylation sites (N-methyl/N-ethyl adjacent to an activating group) is 1. The lowest BCUT2D eigenvalue weighted by molar-refractivity contribution is -0.118. The van der Waals surface area contributed by atoms with Gasteiger partial charge in [0.15, 0.2) is 5.13 Å². The third-order valence-corrected chi connectivity index (χ3v) is 6.27. The molecule has 168 valence electrons. The number of anilines is 1. The molecule has 0 aliphatic carbocycles. The lowest BCUT2D eigenvalue weighted by Gasteiger charge is -2.24. The van der Waals surface area contributed by atoms with Crippen molar-refractivity contribution in [3.05, 3.63) is 53.1 Å². The molecular weight excluding hydrogens is 453 g/mol. The molecule has 0 atom stereocenters. The van der Waals surface area contributed by atoms with Crippen molar-refractivity contribution in [2.45, 2.75) is 27.2 Å². The molecule has 0 saturated heterocycles. The first-order chi connectivity index (χ1) is 14.5. The number of halogens is 2. The van der Waals surface area contributed by atoms with Gasteiger partial charge in [0.1, 0.15) is 5.75 Å². The zero-order valence-corrected chi connectivity index (χ0v) is 20.5. The fraction of sp³-hybridized carbons (Fsp3) is 0.391. The van der Waals surface area contributed by atoms with Crippen LogP contribution in [0.25, 0.3) is 10.2 Å². The lowest BCUT2D eigenvalue weighted by Crippen LogP contribution is -2.39. The highest BCUT2D eigenvalue weighted by atomic mass is 35.5. The van der Waals surface area contributed by atoms with Crippen LogP contribution in [-0.2, 0) is 11.2 Å². The van der Waals surface area contributed by atoms with E-state index in [1.165, 1.54) is 11.3 Å². The molecule has 0 radical (unpaired) electrons. The van der Waals surface area contributed by atoms with Gasteiger partial charge in [-0.1, -0.05) is 48.9 Å². The van der Waals surface area contributed by atoms with Crippen molar-refractivity contribution < 1.29 is 9.53 Å². The van der Waals surface area contributed by atoms with Crippen molar-refractivity contribution in [2.24, 2.45) is 0 Å². The molecule has 0 spiro atoms. The van der Waals surface area contributed by atoms with Crippen molar-refractivity contribution in [1.82, 2.24) is 9.88 Å². The molecule has 0 unspecified atom stereocenters. The fourth-order valence-electron chi connectivity index (χ4n) is 3.25. The van der Waals surface area contributed by atoms with Crippen molar-refractivity contribution >= 4 is 56.6 Å². The Hall–Kier alpha value is -1.86. The third kappa shape index (κ3) is 6.81. The minimum atomic E-state index is 0. The number of thiazole rings is 1. The zero-order chi connectivity index (χ0) is 21.5. The standard InChI is InChI=1S/C23H28ClN3O2S.ClH/c1-4-26(5-2)13-14-27(23-25-20-12-9-18(24)16-21(20)30-23)22(28)15-17-7-10-19(11-8-17)29-6-3;/h7-12,16H,4-6,13-15H2,1-3H3;1H. The first kappa shape index (κ1) is 25.4. The predicted octanol–water partition coefficient (Wildman–Crippen LogP) is 5.69. The predicted molar refractivity (Wildman–Crippen MR) is 133 cm³/mol. The number of fused-ring (bicyclic) bond motifs is 1. The van der Waals surface area contributed by atoms with Gasteiger partial charge in [0.05, 0.1) is 23.2 Å². The van der Waals surface area contributed by atoms with Crippen LogP contribution < -0.4 is 9.64 Å². The molecule has 31 heavy (non-hydrogen) atoms. The van der Waals surface area contributed by atoms with Gasteiger partial charge in [0.2, 0.25) is 5.91 Å². The SMILES string of the molecule is CCOc1ccc(CC(=O)N(CCN(CC)CC)c2nc3ccc(Cl)cc3s2)cc1.Cl. The Morgan fingerprint density at radius 1 is 1.06 bits per heavy atom. The number of carbonyl (C=O) groups excluding carboxylic acids is 1. The van der Waals surface area contributed by atoms with Crippen LogP contribution in [0.15, 0.2) is 42.5 Å². The summed E-state index contributed by atoms with van der Waals surface area (Å²) in [6.07, 6.45) is 0.321. The number of rotatable bonds is 10. The van der Waals surface area contributed by atoms with Crippen molar-refractivity contribution in [1.29, 1.82) is 0 Å². The Morgan fingerprint density at radius 2 is 1.77 bits per heavy atom. The average molecular weight is 482 g/mol. The van der Waals surface area contributed by atoms with Crippen LogP contribution in [0.3, 0.4) is 0 Å². The molecule has 1 heterocycles. The van der Waals surface area contributed by atoms with Crippen molar-refractivity contribution in [3.63, 3.8) is 0 Å².